The molecule has 13 rings (SSSR count). The fraction of sp³-hybridized carbons (Fsp3) is 0.486. The Morgan fingerprint density at radius 3 is 1.42 bits per heavy atom. The summed E-state index contributed by atoms with van der Waals surface area (Å²) in [4.78, 5) is 152. The van der Waals surface area contributed by atoms with E-state index in [1.165, 1.54) is 11.5 Å². The van der Waals surface area contributed by atoms with Crippen molar-refractivity contribution in [1.29, 1.82) is 0 Å². The Labute approximate surface area is 612 Å². The highest BCUT2D eigenvalue weighted by Crippen LogP contribution is 2.21. The summed E-state index contributed by atoms with van der Waals surface area (Å²) in [5.74, 6) is 3.05. The molecule has 0 amide bonds. The van der Waals surface area contributed by atoms with Crippen LogP contribution in [-0.4, -0.2) is 132 Å². The second kappa shape index (κ2) is 36.7. The quantitative estimate of drug-likeness (QED) is 0.0838. The predicted molar refractivity (Wildman–Crippen MR) is 412 cm³/mol. The standard InChI is InChI=1S/C11H15N3.C10H14N4.2C9H12N4O.C9H14N2O.C8H10N4O2.C8H12N2O2.C7H11N3O.CH4/c1-7(2)14-6-5-10-8(3)12-9(4)13-11(10)14;1-6(2)14-5-11-9-7(3)12-8(4)13-10(9)14;1-5(2)13-4-10-8-7(13)9(14)12-6(3)11-8;1-5(2)13-4-10-7-8(13)11-6(3)12-9(7)14;1-6(2)11-5-7(3)8(4)10-9(11)12;1-4(2)12-3-9-5-6(12)10-8(14)11-7(5)13;1-5(2)10-4-6(3)7(11)9-8(10)12;1-5(2)10-4-8-7(9-10)6(3)11;/h5-7H,1-4H3;5-6H,1-4H3;2*4-5H,1-3H3,(H,11,12,14);5-6H,1-4H3;3-4H,1-2H3,(H2,10,11,13,14);4-5H,1-3H3,(H,9,11,12);4-5H,1-3H3;1H4. The second-order valence-electron chi connectivity index (χ2n) is 27.2. The van der Waals surface area contributed by atoms with Gasteiger partial charge in [-0.05, 0) is 185 Å². The number of H-pyrrole nitrogens is 5. The van der Waals surface area contributed by atoms with Crippen LogP contribution in [-0.2, 0) is 0 Å². The minimum Gasteiger partial charge on any atom is -0.330 e. The number of aromatic amines is 5. The van der Waals surface area contributed by atoms with Crippen molar-refractivity contribution in [1.82, 2.24) is 126 Å². The summed E-state index contributed by atoms with van der Waals surface area (Å²) in [5, 5.41) is 5.12. The van der Waals surface area contributed by atoms with Crippen LogP contribution in [0.3, 0.4) is 0 Å². The van der Waals surface area contributed by atoms with Gasteiger partial charge in [0.1, 0.15) is 46.4 Å². The van der Waals surface area contributed by atoms with E-state index in [0.29, 0.717) is 63.1 Å². The number of fused-ring (bicyclic) bond motifs is 5. The van der Waals surface area contributed by atoms with Crippen molar-refractivity contribution in [3.8, 4) is 0 Å². The number of hydrogen-bond donors (Lipinski definition) is 5. The molecule has 34 nitrogen and oxygen atoms in total. The largest absolute Gasteiger partial charge is 0.348 e. The summed E-state index contributed by atoms with van der Waals surface area (Å²) in [5.41, 5.74) is 8.11. The Hall–Kier alpha value is -11.6. The number of rotatable bonds is 9. The highest BCUT2D eigenvalue weighted by atomic mass is 16.2. The van der Waals surface area contributed by atoms with E-state index in [1.807, 2.05) is 146 Å². The SMILES string of the molecule is C.CC(=O)c1ncn(C(C)C)n1.CC(C)n1cnc2c(=O)[nH]c(=O)[nH]c21.Cc1cn(C(C)C)c(=O)[nH]c1=O.Cc1cn(C(C)C)c(=O)nc1C.Cc1nc(C)c2ccn(C(C)C)c2n1.Cc1nc(C)c2ncn(C(C)C)c2n1.Cc1nc2c(ncn2C(C)C)c(=O)[nH]1.Cc1nc2ncn(C(C)C)c2c(=O)[nH]1. The zero-order valence-electron chi connectivity index (χ0n) is 65.0. The van der Waals surface area contributed by atoms with Gasteiger partial charge in [-0.25, -0.2) is 73.9 Å². The lowest BCUT2D eigenvalue weighted by molar-refractivity contribution is 0.100. The van der Waals surface area contributed by atoms with E-state index in [2.05, 4.69) is 139 Å². The smallest absolute Gasteiger partial charge is 0.330 e. The molecule has 570 valence electrons. The van der Waals surface area contributed by atoms with E-state index in [4.69, 9.17) is 0 Å². The molecule has 0 bridgehead atoms. The number of imidazole rings is 4. The monoisotopic (exact) mass is 1460 g/mol. The van der Waals surface area contributed by atoms with E-state index in [9.17, 15) is 38.4 Å². The Morgan fingerprint density at radius 2 is 0.877 bits per heavy atom. The third-order valence-electron chi connectivity index (χ3n) is 15.9. The molecule has 0 aliphatic heterocycles. The first-order chi connectivity index (χ1) is 49.1. The summed E-state index contributed by atoms with van der Waals surface area (Å²) in [7, 11) is 0. The van der Waals surface area contributed by atoms with Crippen LogP contribution in [0.5, 0.6) is 0 Å². The first-order valence-electron chi connectivity index (χ1n) is 34.5. The molecule has 13 aromatic rings. The van der Waals surface area contributed by atoms with Gasteiger partial charge in [-0.3, -0.25) is 48.1 Å². The number of carbonyl (C=O) groups is 1. The lowest BCUT2D eigenvalue weighted by atomic mass is 10.2. The Kier molecular flexibility index (Phi) is 29.4. The number of nitrogens with zero attached hydrogens (tertiary/aromatic N) is 21. The number of aromatic nitrogens is 26. The normalized spacial score (nSPS) is 11.1. The van der Waals surface area contributed by atoms with Crippen LogP contribution in [0.1, 0.15) is 236 Å². The fourth-order valence-electron chi connectivity index (χ4n) is 10.2. The van der Waals surface area contributed by atoms with Crippen molar-refractivity contribution in [2.24, 2.45) is 0 Å². The van der Waals surface area contributed by atoms with Gasteiger partial charge in [0.05, 0.1) is 36.7 Å². The van der Waals surface area contributed by atoms with Gasteiger partial charge in [0.25, 0.3) is 22.2 Å². The van der Waals surface area contributed by atoms with Gasteiger partial charge >= 0.3 is 17.1 Å². The van der Waals surface area contributed by atoms with Crippen LogP contribution in [0, 0.1) is 62.3 Å². The molecule has 0 spiro atoms. The maximum Gasteiger partial charge on any atom is 0.348 e. The van der Waals surface area contributed by atoms with E-state index >= 15 is 0 Å². The van der Waals surface area contributed by atoms with Crippen LogP contribution in [0.25, 0.3) is 55.7 Å². The molecule has 13 aromatic heterocycles. The predicted octanol–water partition coefficient (Wildman–Crippen LogP) is 10.2. The van der Waals surface area contributed by atoms with Crippen LogP contribution in [0.15, 0.2) is 89.9 Å². The number of carbonyl (C=O) groups excluding carboxylic acids is 1. The Morgan fingerprint density at radius 1 is 0.396 bits per heavy atom. The molecule has 0 aliphatic rings. The third kappa shape index (κ3) is 21.3. The molecule has 0 atom stereocenters. The summed E-state index contributed by atoms with van der Waals surface area (Å²) in [6.07, 6.45) is 13.8. The molecule has 0 saturated carbocycles. The average molecular weight is 1460 g/mol. The maximum absolute atomic E-state index is 11.6. The van der Waals surface area contributed by atoms with Crippen LogP contribution in [0.2, 0.25) is 0 Å². The minimum atomic E-state index is -0.509. The van der Waals surface area contributed by atoms with E-state index in [-0.39, 0.29) is 83.0 Å². The molecule has 0 fully saturated rings. The van der Waals surface area contributed by atoms with Crippen LogP contribution < -0.4 is 39.3 Å². The molecule has 0 aliphatic carbocycles. The van der Waals surface area contributed by atoms with Crippen molar-refractivity contribution in [2.45, 2.75) is 236 Å². The lowest BCUT2D eigenvalue weighted by Gasteiger charge is -2.10. The highest BCUT2D eigenvalue weighted by Gasteiger charge is 2.16. The topological polar surface area (TPSA) is 423 Å². The van der Waals surface area contributed by atoms with Gasteiger partial charge in [-0.1, -0.05) is 7.43 Å². The zero-order chi connectivity index (χ0) is 78.5. The van der Waals surface area contributed by atoms with Crippen molar-refractivity contribution >= 4 is 61.5 Å². The molecule has 34 heteroatoms. The molecule has 0 aromatic carbocycles. The van der Waals surface area contributed by atoms with Crippen molar-refractivity contribution < 1.29 is 4.79 Å². The second-order valence-corrected chi connectivity index (χ2v) is 27.2. The van der Waals surface area contributed by atoms with E-state index in [0.717, 1.165) is 56.5 Å². The van der Waals surface area contributed by atoms with Gasteiger partial charge in [0.2, 0.25) is 5.82 Å². The number of hydrogen-bond acceptors (Lipinski definition) is 21. The summed E-state index contributed by atoms with van der Waals surface area (Å²) >= 11 is 0. The highest BCUT2D eigenvalue weighted by molar-refractivity contribution is 5.90. The summed E-state index contributed by atoms with van der Waals surface area (Å²) in [6, 6.07) is 4.06. The average Bonchev–Trinajstić information content (AvgIpc) is 1.67. The molecule has 0 saturated heterocycles. The van der Waals surface area contributed by atoms with Crippen molar-refractivity contribution in [3.05, 3.63) is 186 Å². The molecule has 0 unspecified atom stereocenters. The van der Waals surface area contributed by atoms with Gasteiger partial charge in [0, 0.05) is 90.5 Å². The summed E-state index contributed by atoms with van der Waals surface area (Å²) in [6.45, 7) is 50.5. The molecular weight excluding hydrogens is 1360 g/mol. The van der Waals surface area contributed by atoms with Crippen molar-refractivity contribution in [2.75, 3.05) is 0 Å². The van der Waals surface area contributed by atoms with Gasteiger partial charge in [-0.15, -0.1) is 5.10 Å². The fourth-order valence-corrected chi connectivity index (χ4v) is 10.2. The van der Waals surface area contributed by atoms with Gasteiger partial charge in [-0.2, -0.15) is 4.98 Å². The van der Waals surface area contributed by atoms with E-state index in [1.54, 1.807) is 66.1 Å². The zero-order valence-corrected chi connectivity index (χ0v) is 65.0. The molecule has 0 radical (unpaired) electrons. The molecule has 106 heavy (non-hydrogen) atoms. The van der Waals surface area contributed by atoms with Crippen LogP contribution in [0.4, 0.5) is 0 Å². The number of nitrogens with one attached hydrogen (secondary N) is 5. The Bertz CT molecular complexity index is 5500. The van der Waals surface area contributed by atoms with Gasteiger partial charge < -0.3 is 32.8 Å². The summed E-state index contributed by atoms with van der Waals surface area (Å²) < 4.78 is 14.5. The lowest BCUT2D eigenvalue weighted by Crippen LogP contribution is -2.31. The molecule has 5 N–H and O–H groups in total. The Balaban J connectivity index is 0.000000217. The number of ketones is 1. The first kappa shape index (κ1) is 85.0. The maximum atomic E-state index is 11.6. The first-order valence-corrected chi connectivity index (χ1v) is 34.5. The molecule has 13 heterocycles. The van der Waals surface area contributed by atoms with Crippen LogP contribution >= 0.6 is 0 Å². The number of Topliss-reactive ketones (excluding diaryl/α,β-unsaturated/α-hetero) is 1. The van der Waals surface area contributed by atoms with Crippen molar-refractivity contribution in [3.63, 3.8) is 0 Å². The van der Waals surface area contributed by atoms with E-state index < -0.39 is 11.2 Å². The van der Waals surface area contributed by atoms with Gasteiger partial charge in [0.15, 0.2) is 39.3 Å². The number of aryl methyl sites for hydroxylation is 9. The third-order valence-corrected chi connectivity index (χ3v) is 15.9. The minimum absolute atomic E-state index is 0. The molecular formula is C72H104N26O8.